The molecule has 0 radical (unpaired) electrons. The smallest absolute Gasteiger partial charge is 0.0294 e. The summed E-state index contributed by atoms with van der Waals surface area (Å²) < 4.78 is 0. The summed E-state index contributed by atoms with van der Waals surface area (Å²) in [7, 11) is 0. The molecule has 0 amide bonds. The number of rotatable bonds is 5. The summed E-state index contributed by atoms with van der Waals surface area (Å²) in [5, 5.41) is 3.50. The molecule has 2 aromatic rings. The molecule has 1 nitrogen and oxygen atoms in total. The molecule has 0 saturated heterocycles. The Labute approximate surface area is 109 Å². The van der Waals surface area contributed by atoms with Gasteiger partial charge >= 0.3 is 0 Å². The van der Waals surface area contributed by atoms with Crippen LogP contribution in [0.2, 0.25) is 0 Å². The molecule has 92 valence electrons. The Hall–Kier alpha value is -1.86. The van der Waals surface area contributed by atoms with Gasteiger partial charge in [-0.2, -0.15) is 0 Å². The molecule has 18 heavy (non-hydrogen) atoms. The zero-order valence-electron chi connectivity index (χ0n) is 10.8. The van der Waals surface area contributed by atoms with Crippen molar-refractivity contribution in [3.63, 3.8) is 0 Å². The van der Waals surface area contributed by atoms with Crippen LogP contribution in [0.5, 0.6) is 0 Å². The van der Waals surface area contributed by atoms with Crippen LogP contribution in [0.4, 0.5) is 0 Å². The van der Waals surface area contributed by atoms with Gasteiger partial charge in [0.1, 0.15) is 0 Å². The molecule has 1 unspecified atom stereocenters. The van der Waals surface area contributed by atoms with Crippen molar-refractivity contribution in [2.75, 3.05) is 6.54 Å². The summed E-state index contributed by atoms with van der Waals surface area (Å²) >= 11 is 0. The average Bonchev–Trinajstić information content (AvgIpc) is 2.46. The fraction of sp³-hybridized carbons (Fsp3) is 0.176. The van der Waals surface area contributed by atoms with Crippen LogP contribution < -0.4 is 5.32 Å². The highest BCUT2D eigenvalue weighted by atomic mass is 14.9. The van der Waals surface area contributed by atoms with E-state index >= 15 is 0 Å². The predicted molar refractivity (Wildman–Crippen MR) is 78.3 cm³/mol. The predicted octanol–water partition coefficient (Wildman–Crippen LogP) is 4.05. The highest BCUT2D eigenvalue weighted by Crippen LogP contribution is 2.14. The molecule has 0 aromatic heterocycles. The van der Waals surface area contributed by atoms with Crippen molar-refractivity contribution in [3.8, 4) is 0 Å². The molecule has 1 N–H and O–H groups in total. The Bertz CT molecular complexity index is 488. The van der Waals surface area contributed by atoms with E-state index in [0.29, 0.717) is 6.04 Å². The van der Waals surface area contributed by atoms with Gasteiger partial charge in [0.05, 0.1) is 0 Å². The molecular formula is C17H19N. The van der Waals surface area contributed by atoms with E-state index in [1.54, 1.807) is 0 Å². The van der Waals surface area contributed by atoms with Crippen LogP contribution in [0, 0.1) is 0 Å². The first-order chi connectivity index (χ1) is 8.77. The third-order valence-corrected chi connectivity index (χ3v) is 3.10. The molecule has 0 aliphatic carbocycles. The maximum absolute atomic E-state index is 4.13. The average molecular weight is 237 g/mol. The Balaban J connectivity index is 1.91. The molecule has 1 atom stereocenters. The summed E-state index contributed by atoms with van der Waals surface area (Å²) in [5.41, 5.74) is 3.63. The third-order valence-electron chi connectivity index (χ3n) is 3.10. The lowest BCUT2D eigenvalue weighted by molar-refractivity contribution is 0.622. The third kappa shape index (κ3) is 3.31. The molecule has 2 rings (SSSR count). The van der Waals surface area contributed by atoms with Gasteiger partial charge in [-0.3, -0.25) is 0 Å². The summed E-state index contributed by atoms with van der Waals surface area (Å²) in [6.07, 6.45) is 0. The second-order valence-corrected chi connectivity index (χ2v) is 4.48. The van der Waals surface area contributed by atoms with Gasteiger partial charge < -0.3 is 5.32 Å². The molecule has 1 heteroatoms. The van der Waals surface area contributed by atoms with Crippen molar-refractivity contribution in [1.29, 1.82) is 0 Å². The van der Waals surface area contributed by atoms with Crippen molar-refractivity contribution in [3.05, 3.63) is 78.4 Å². The van der Waals surface area contributed by atoms with E-state index in [1.807, 2.05) is 24.3 Å². The van der Waals surface area contributed by atoms with Gasteiger partial charge in [0.15, 0.2) is 0 Å². The lowest BCUT2D eigenvalue weighted by Crippen LogP contribution is -2.20. The van der Waals surface area contributed by atoms with E-state index in [1.165, 1.54) is 11.1 Å². The topological polar surface area (TPSA) is 12.0 Å². The fourth-order valence-electron chi connectivity index (χ4n) is 1.91. The van der Waals surface area contributed by atoms with Gasteiger partial charge in [0.25, 0.3) is 0 Å². The number of hydrogen-bond donors (Lipinski definition) is 1. The molecule has 0 heterocycles. The van der Waals surface area contributed by atoms with E-state index in [0.717, 1.165) is 12.1 Å². The van der Waals surface area contributed by atoms with Crippen molar-refractivity contribution >= 4 is 5.57 Å². The van der Waals surface area contributed by atoms with E-state index in [-0.39, 0.29) is 0 Å². The molecule has 0 fully saturated rings. The van der Waals surface area contributed by atoms with Gasteiger partial charge in [-0.05, 0) is 23.6 Å². The summed E-state index contributed by atoms with van der Waals surface area (Å²) in [5.74, 6) is 0. The molecular weight excluding hydrogens is 218 g/mol. The summed E-state index contributed by atoms with van der Waals surface area (Å²) in [6.45, 7) is 7.11. The Kier molecular flexibility index (Phi) is 4.32. The van der Waals surface area contributed by atoms with Crippen LogP contribution >= 0.6 is 0 Å². The van der Waals surface area contributed by atoms with Crippen LogP contribution in [-0.4, -0.2) is 6.54 Å². The highest BCUT2D eigenvalue weighted by Gasteiger charge is 2.04. The Morgan fingerprint density at radius 1 is 1.00 bits per heavy atom. The van der Waals surface area contributed by atoms with Crippen LogP contribution in [0.3, 0.4) is 0 Å². The van der Waals surface area contributed by atoms with Gasteiger partial charge in [0.2, 0.25) is 0 Å². The first-order valence-corrected chi connectivity index (χ1v) is 6.29. The molecule has 0 bridgehead atoms. The van der Waals surface area contributed by atoms with Crippen LogP contribution in [0.15, 0.2) is 67.2 Å². The van der Waals surface area contributed by atoms with Crippen molar-refractivity contribution in [2.45, 2.75) is 13.0 Å². The van der Waals surface area contributed by atoms with Gasteiger partial charge in [-0.1, -0.05) is 67.2 Å². The number of nitrogens with one attached hydrogen (secondary N) is 1. The molecule has 2 aromatic carbocycles. The van der Waals surface area contributed by atoms with Crippen LogP contribution in [-0.2, 0) is 0 Å². The maximum atomic E-state index is 4.13. The van der Waals surface area contributed by atoms with Crippen molar-refractivity contribution in [2.24, 2.45) is 0 Å². The standard InChI is InChI=1S/C17H19N/c1-14(16-9-5-3-6-10-16)13-18-15(2)17-11-7-4-8-12-17/h3-12,15,18H,1,13H2,2H3. The Morgan fingerprint density at radius 2 is 1.56 bits per heavy atom. The second kappa shape index (κ2) is 6.18. The normalized spacial score (nSPS) is 12.1. The fourth-order valence-corrected chi connectivity index (χ4v) is 1.91. The second-order valence-electron chi connectivity index (χ2n) is 4.48. The minimum absolute atomic E-state index is 0.340. The van der Waals surface area contributed by atoms with E-state index in [9.17, 15) is 0 Å². The minimum Gasteiger partial charge on any atom is -0.306 e. The lowest BCUT2D eigenvalue weighted by Gasteiger charge is -2.15. The minimum atomic E-state index is 0.340. The zero-order chi connectivity index (χ0) is 12.8. The number of benzene rings is 2. The largest absolute Gasteiger partial charge is 0.306 e. The number of hydrogen-bond acceptors (Lipinski definition) is 1. The van der Waals surface area contributed by atoms with Crippen LogP contribution in [0.1, 0.15) is 24.1 Å². The van der Waals surface area contributed by atoms with E-state index < -0.39 is 0 Å². The van der Waals surface area contributed by atoms with E-state index in [2.05, 4.69) is 55.2 Å². The van der Waals surface area contributed by atoms with Crippen LogP contribution in [0.25, 0.3) is 5.57 Å². The van der Waals surface area contributed by atoms with Gasteiger partial charge in [-0.15, -0.1) is 0 Å². The summed E-state index contributed by atoms with van der Waals surface area (Å²) in [4.78, 5) is 0. The van der Waals surface area contributed by atoms with Gasteiger partial charge in [-0.25, -0.2) is 0 Å². The van der Waals surface area contributed by atoms with E-state index in [4.69, 9.17) is 0 Å². The molecule has 0 saturated carbocycles. The maximum Gasteiger partial charge on any atom is 0.0294 e. The zero-order valence-corrected chi connectivity index (χ0v) is 10.8. The Morgan fingerprint density at radius 3 is 2.17 bits per heavy atom. The quantitative estimate of drug-likeness (QED) is 0.827. The monoisotopic (exact) mass is 237 g/mol. The first-order valence-electron chi connectivity index (χ1n) is 6.29. The highest BCUT2D eigenvalue weighted by molar-refractivity contribution is 5.64. The van der Waals surface area contributed by atoms with Crippen molar-refractivity contribution < 1.29 is 0 Å². The SMILES string of the molecule is C=C(CNC(C)c1ccccc1)c1ccccc1. The summed E-state index contributed by atoms with van der Waals surface area (Å²) in [6, 6.07) is 21.1. The molecule has 0 aliphatic heterocycles. The first kappa shape index (κ1) is 12.6. The van der Waals surface area contributed by atoms with Gasteiger partial charge in [0, 0.05) is 12.6 Å². The molecule has 0 spiro atoms. The van der Waals surface area contributed by atoms with Crippen molar-refractivity contribution in [1.82, 2.24) is 5.32 Å². The lowest BCUT2D eigenvalue weighted by atomic mass is 10.1. The molecule has 0 aliphatic rings.